The summed E-state index contributed by atoms with van der Waals surface area (Å²) in [5.74, 6) is 0.913. The minimum Gasteiger partial charge on any atom is -0.491 e. The van der Waals surface area contributed by atoms with E-state index in [2.05, 4.69) is 28.3 Å². The summed E-state index contributed by atoms with van der Waals surface area (Å²) >= 11 is 0. The number of carbonyl (C=O) groups is 1. The zero-order valence-corrected chi connectivity index (χ0v) is 16.3. The lowest BCUT2D eigenvalue weighted by Gasteiger charge is -2.14. The number of ether oxygens (including phenoxy) is 2. The van der Waals surface area contributed by atoms with E-state index in [0.717, 1.165) is 22.7 Å². The first-order valence-electron chi connectivity index (χ1n) is 9.07. The second-order valence-electron chi connectivity index (χ2n) is 6.96. The second kappa shape index (κ2) is 6.99. The Labute approximate surface area is 163 Å². The highest BCUT2D eigenvalue weighted by Gasteiger charge is 2.27. The molecule has 1 amide bonds. The van der Waals surface area contributed by atoms with Gasteiger partial charge < -0.3 is 19.4 Å². The molecule has 0 spiro atoms. The van der Waals surface area contributed by atoms with Crippen molar-refractivity contribution in [3.8, 4) is 17.3 Å². The third-order valence-electron chi connectivity index (χ3n) is 4.97. The summed E-state index contributed by atoms with van der Waals surface area (Å²) in [6.07, 6.45) is 3.56. The Morgan fingerprint density at radius 2 is 2.04 bits per heavy atom. The molecule has 1 aliphatic rings. The molecule has 1 atom stereocenters. The van der Waals surface area contributed by atoms with Gasteiger partial charge in [0.25, 0.3) is 5.91 Å². The summed E-state index contributed by atoms with van der Waals surface area (Å²) in [6, 6.07) is 7.36. The van der Waals surface area contributed by atoms with Crippen molar-refractivity contribution in [1.82, 2.24) is 19.9 Å². The van der Waals surface area contributed by atoms with Crippen molar-refractivity contribution >= 4 is 5.91 Å². The number of hydrogen-bond donors (Lipinski definition) is 1. The molecule has 0 aliphatic carbocycles. The van der Waals surface area contributed by atoms with E-state index in [1.54, 1.807) is 18.5 Å². The van der Waals surface area contributed by atoms with Crippen LogP contribution in [0, 0.1) is 20.8 Å². The summed E-state index contributed by atoms with van der Waals surface area (Å²) in [6.45, 7) is 6.41. The summed E-state index contributed by atoms with van der Waals surface area (Å²) in [5.41, 5.74) is 5.23. The average Bonchev–Trinajstić information content (AvgIpc) is 3.28. The van der Waals surface area contributed by atoms with E-state index in [1.165, 1.54) is 18.2 Å². The van der Waals surface area contributed by atoms with Gasteiger partial charge in [-0.3, -0.25) is 4.79 Å². The van der Waals surface area contributed by atoms with Crippen LogP contribution in [0.5, 0.6) is 11.6 Å². The predicted molar refractivity (Wildman–Crippen MR) is 104 cm³/mol. The molecule has 2 aromatic heterocycles. The molecule has 144 valence electrons. The van der Waals surface area contributed by atoms with E-state index < -0.39 is 0 Å². The van der Waals surface area contributed by atoms with Gasteiger partial charge in [-0.2, -0.15) is 0 Å². The first-order chi connectivity index (χ1) is 13.5. The van der Waals surface area contributed by atoms with Crippen molar-refractivity contribution in [2.75, 3.05) is 13.7 Å². The smallest absolute Gasteiger partial charge is 0.270 e. The zero-order chi connectivity index (χ0) is 19.8. The lowest BCUT2D eigenvalue weighted by molar-refractivity contribution is 0.0924. The maximum Gasteiger partial charge on any atom is 0.270 e. The minimum atomic E-state index is -0.272. The van der Waals surface area contributed by atoms with E-state index in [4.69, 9.17) is 9.47 Å². The molecule has 0 fully saturated rings. The van der Waals surface area contributed by atoms with Crippen molar-refractivity contribution in [1.29, 1.82) is 0 Å². The highest BCUT2D eigenvalue weighted by molar-refractivity contribution is 5.93. The topological polar surface area (TPSA) is 78.3 Å². The van der Waals surface area contributed by atoms with Gasteiger partial charge in [-0.15, -0.1) is 0 Å². The van der Waals surface area contributed by atoms with Crippen molar-refractivity contribution < 1.29 is 14.3 Å². The third-order valence-corrected chi connectivity index (χ3v) is 4.97. The van der Waals surface area contributed by atoms with Crippen LogP contribution < -0.4 is 14.8 Å². The number of pyridine rings is 1. The molecular weight excluding hydrogens is 356 g/mol. The Kier molecular flexibility index (Phi) is 4.50. The van der Waals surface area contributed by atoms with Gasteiger partial charge in [0, 0.05) is 11.8 Å². The van der Waals surface area contributed by atoms with Gasteiger partial charge in [0.1, 0.15) is 23.7 Å². The van der Waals surface area contributed by atoms with Crippen molar-refractivity contribution in [2.45, 2.75) is 26.8 Å². The number of methoxy groups -OCH3 is 1. The molecule has 1 N–H and O–H groups in total. The fourth-order valence-corrected chi connectivity index (χ4v) is 3.28. The first-order valence-corrected chi connectivity index (χ1v) is 9.07. The Morgan fingerprint density at radius 1 is 1.25 bits per heavy atom. The van der Waals surface area contributed by atoms with E-state index >= 15 is 0 Å². The first kappa shape index (κ1) is 18.0. The van der Waals surface area contributed by atoms with Gasteiger partial charge in [0.15, 0.2) is 0 Å². The Bertz CT molecular complexity index is 1060. The Balaban J connectivity index is 1.57. The van der Waals surface area contributed by atoms with E-state index in [-0.39, 0.29) is 17.6 Å². The molecule has 28 heavy (non-hydrogen) atoms. The summed E-state index contributed by atoms with van der Waals surface area (Å²) < 4.78 is 12.9. The number of aryl methyl sites for hydroxylation is 3. The number of nitrogens with zero attached hydrogens (tertiary/aromatic N) is 3. The number of imidazole rings is 1. The van der Waals surface area contributed by atoms with E-state index in [1.807, 2.05) is 30.7 Å². The van der Waals surface area contributed by atoms with Crippen LogP contribution in [0.25, 0.3) is 5.69 Å². The molecule has 3 aromatic rings. The van der Waals surface area contributed by atoms with Crippen LogP contribution in [0.4, 0.5) is 0 Å². The molecule has 7 heteroatoms. The maximum absolute atomic E-state index is 12.8. The van der Waals surface area contributed by atoms with E-state index in [9.17, 15) is 4.79 Å². The molecule has 1 aromatic carbocycles. The van der Waals surface area contributed by atoms with E-state index in [0.29, 0.717) is 12.5 Å². The predicted octanol–water partition coefficient (Wildman–Crippen LogP) is 3.06. The van der Waals surface area contributed by atoms with Crippen LogP contribution in [-0.2, 0) is 0 Å². The molecule has 0 bridgehead atoms. The molecule has 0 saturated carbocycles. The Hall–Kier alpha value is -3.35. The second-order valence-corrected chi connectivity index (χ2v) is 6.96. The SMILES string of the molecule is COc1nc(C(=O)N[C@@H]2COc3cc(C)c(C)cc32)ccc1-n1cnc(C)c1. The molecular formula is C21H22N4O3. The highest BCUT2D eigenvalue weighted by Crippen LogP contribution is 2.34. The number of amides is 1. The number of fused-ring (bicyclic) bond motifs is 1. The third kappa shape index (κ3) is 3.19. The molecule has 0 radical (unpaired) electrons. The summed E-state index contributed by atoms with van der Waals surface area (Å²) in [4.78, 5) is 21.4. The van der Waals surface area contributed by atoms with Gasteiger partial charge in [-0.25, -0.2) is 9.97 Å². The molecule has 0 unspecified atom stereocenters. The lowest BCUT2D eigenvalue weighted by atomic mass is 10.0. The highest BCUT2D eigenvalue weighted by atomic mass is 16.5. The van der Waals surface area contributed by atoms with Crippen LogP contribution in [0.15, 0.2) is 36.8 Å². The average molecular weight is 378 g/mol. The number of nitrogens with one attached hydrogen (secondary N) is 1. The Morgan fingerprint density at radius 3 is 2.75 bits per heavy atom. The van der Waals surface area contributed by atoms with Gasteiger partial charge >= 0.3 is 0 Å². The fourth-order valence-electron chi connectivity index (χ4n) is 3.28. The van der Waals surface area contributed by atoms with Gasteiger partial charge in [-0.1, -0.05) is 0 Å². The van der Waals surface area contributed by atoms with Crippen molar-refractivity contribution in [2.24, 2.45) is 0 Å². The largest absolute Gasteiger partial charge is 0.491 e. The van der Waals surface area contributed by atoms with Crippen LogP contribution in [0.2, 0.25) is 0 Å². The number of carbonyl (C=O) groups excluding carboxylic acids is 1. The van der Waals surface area contributed by atoms with Crippen LogP contribution >= 0.6 is 0 Å². The van der Waals surface area contributed by atoms with Crippen LogP contribution in [0.3, 0.4) is 0 Å². The quantitative estimate of drug-likeness (QED) is 0.755. The normalized spacial score (nSPS) is 15.1. The maximum atomic E-state index is 12.8. The van der Waals surface area contributed by atoms with Crippen LogP contribution in [0.1, 0.15) is 38.9 Å². The lowest BCUT2D eigenvalue weighted by Crippen LogP contribution is -2.30. The molecule has 3 heterocycles. The summed E-state index contributed by atoms with van der Waals surface area (Å²) in [7, 11) is 1.53. The van der Waals surface area contributed by atoms with Gasteiger partial charge in [0.2, 0.25) is 5.88 Å². The van der Waals surface area contributed by atoms with Gasteiger partial charge in [0.05, 0.1) is 25.2 Å². The summed E-state index contributed by atoms with van der Waals surface area (Å²) in [5, 5.41) is 3.01. The van der Waals surface area contributed by atoms with Crippen molar-refractivity contribution in [3.63, 3.8) is 0 Å². The molecule has 7 nitrogen and oxygen atoms in total. The molecule has 4 rings (SSSR count). The number of aromatic nitrogens is 3. The van der Waals surface area contributed by atoms with Crippen molar-refractivity contribution in [3.05, 3.63) is 64.9 Å². The molecule has 1 aliphatic heterocycles. The van der Waals surface area contributed by atoms with Crippen LogP contribution in [-0.4, -0.2) is 34.2 Å². The zero-order valence-electron chi connectivity index (χ0n) is 16.3. The number of rotatable bonds is 4. The minimum absolute atomic E-state index is 0.203. The standard InChI is InChI=1S/C21H22N4O3/c1-12-7-15-17(10-28-19(15)8-13(12)2)23-20(26)16-5-6-18(21(24-16)27-4)25-9-14(3)22-11-25/h5-9,11,17H,10H2,1-4H3,(H,23,26)/t17-/m1/s1. The fraction of sp³-hybridized carbons (Fsp3) is 0.286. The number of benzene rings is 1. The monoisotopic (exact) mass is 378 g/mol. The number of hydrogen-bond acceptors (Lipinski definition) is 5. The van der Waals surface area contributed by atoms with Gasteiger partial charge in [-0.05, 0) is 56.2 Å². The molecule has 0 saturated heterocycles.